The molecule has 0 heterocycles. The van der Waals surface area contributed by atoms with Crippen LogP contribution in [0.4, 0.5) is 4.79 Å². The summed E-state index contributed by atoms with van der Waals surface area (Å²) in [6.07, 6.45) is 9.72. The van der Waals surface area contributed by atoms with E-state index in [-0.39, 0.29) is 11.5 Å². The Morgan fingerprint density at radius 2 is 1.88 bits per heavy atom. The number of hydrogen-bond donors (Lipinski definition) is 0. The summed E-state index contributed by atoms with van der Waals surface area (Å²) in [5.74, 6) is 3.24. The van der Waals surface area contributed by atoms with Crippen LogP contribution in [0.15, 0.2) is 0 Å². The molecular weight excluding hydrogens is 324 g/mol. The minimum Gasteiger partial charge on any atom is -0.450 e. The van der Waals surface area contributed by atoms with Crippen LogP contribution in [0, 0.1) is 34.5 Å². The highest BCUT2D eigenvalue weighted by Gasteiger charge is 2.60. The van der Waals surface area contributed by atoms with Crippen molar-refractivity contribution in [1.29, 1.82) is 0 Å². The molecule has 0 radical (unpaired) electrons. The molecule has 0 aromatic rings. The average Bonchev–Trinajstić information content (AvgIpc) is 2.83. The van der Waals surface area contributed by atoms with Crippen LogP contribution in [0.1, 0.15) is 71.6 Å². The lowest BCUT2D eigenvalue weighted by Crippen LogP contribution is -2.54. The first-order valence-corrected chi connectivity index (χ1v) is 10.1. The second-order valence-electron chi connectivity index (χ2n) is 9.33. The van der Waals surface area contributed by atoms with E-state index < -0.39 is 5.43 Å². The fourth-order valence-corrected chi connectivity index (χ4v) is 7.35. The van der Waals surface area contributed by atoms with Crippen LogP contribution in [0.5, 0.6) is 0 Å². The Labute approximate surface area is 149 Å². The summed E-state index contributed by atoms with van der Waals surface area (Å²) in [6.45, 7) is 4.72. The number of carbonyl (C=O) groups is 2. The number of ether oxygens (including phenoxy) is 1. The van der Waals surface area contributed by atoms with E-state index in [2.05, 4.69) is 13.8 Å². The Kier molecular flexibility index (Phi) is 4.02. The van der Waals surface area contributed by atoms with Crippen LogP contribution < -0.4 is 0 Å². The standard InChI is InChI=1S/C20H29ClO3/c1-19-9-7-13(24-18(21)23)11-12(19)3-4-14-15-5-6-17(22)20(15,2)10-8-16(14)19/h12-16H,3-11H2,1-2H3/t12?,13-,14+,15+,16+,19+,20+/m1/s1. The average molecular weight is 353 g/mol. The molecule has 7 atom stereocenters. The molecule has 24 heavy (non-hydrogen) atoms. The highest BCUT2D eigenvalue weighted by molar-refractivity contribution is 6.61. The van der Waals surface area contributed by atoms with Crippen molar-refractivity contribution in [1.82, 2.24) is 0 Å². The molecule has 4 fully saturated rings. The predicted molar refractivity (Wildman–Crippen MR) is 92.9 cm³/mol. The maximum Gasteiger partial charge on any atom is 0.404 e. The summed E-state index contributed by atoms with van der Waals surface area (Å²) in [6, 6.07) is 0. The van der Waals surface area contributed by atoms with Crippen LogP contribution in [0.3, 0.4) is 0 Å². The minimum absolute atomic E-state index is 0.00606. The van der Waals surface area contributed by atoms with Crippen LogP contribution in [0.2, 0.25) is 0 Å². The van der Waals surface area contributed by atoms with Gasteiger partial charge < -0.3 is 4.74 Å². The zero-order chi connectivity index (χ0) is 17.1. The normalized spacial score (nSPS) is 50.6. The van der Waals surface area contributed by atoms with Gasteiger partial charge in [-0.3, -0.25) is 4.79 Å². The highest BCUT2D eigenvalue weighted by atomic mass is 35.5. The summed E-state index contributed by atoms with van der Waals surface area (Å²) >= 11 is 5.43. The molecule has 0 amide bonds. The van der Waals surface area contributed by atoms with Crippen molar-refractivity contribution < 1.29 is 14.3 Å². The summed E-state index contributed by atoms with van der Waals surface area (Å²) in [5, 5.41) is 0. The fraction of sp³-hybridized carbons (Fsp3) is 0.900. The van der Waals surface area contributed by atoms with E-state index in [1.165, 1.54) is 19.3 Å². The van der Waals surface area contributed by atoms with Gasteiger partial charge in [-0.1, -0.05) is 13.8 Å². The highest BCUT2D eigenvalue weighted by Crippen LogP contribution is 2.65. The molecule has 4 heteroatoms. The molecule has 0 saturated heterocycles. The van der Waals surface area contributed by atoms with E-state index in [0.29, 0.717) is 23.0 Å². The third kappa shape index (κ3) is 2.37. The van der Waals surface area contributed by atoms with Crippen LogP contribution in [0.25, 0.3) is 0 Å². The van der Waals surface area contributed by atoms with Crippen molar-refractivity contribution >= 4 is 22.8 Å². The molecule has 0 aromatic carbocycles. The molecule has 0 aliphatic heterocycles. The second-order valence-corrected chi connectivity index (χ2v) is 9.64. The van der Waals surface area contributed by atoms with Gasteiger partial charge in [0.2, 0.25) is 0 Å². The largest absolute Gasteiger partial charge is 0.450 e. The van der Waals surface area contributed by atoms with Gasteiger partial charge in [-0.05, 0) is 80.5 Å². The first-order valence-electron chi connectivity index (χ1n) is 9.74. The van der Waals surface area contributed by atoms with Gasteiger partial charge in [0.05, 0.1) is 0 Å². The molecule has 0 aromatic heterocycles. The second kappa shape index (κ2) is 5.72. The fourth-order valence-electron chi connectivity index (χ4n) is 7.23. The van der Waals surface area contributed by atoms with E-state index >= 15 is 0 Å². The molecule has 4 aliphatic rings. The molecule has 3 nitrogen and oxygen atoms in total. The van der Waals surface area contributed by atoms with Gasteiger partial charge in [-0.25, -0.2) is 4.79 Å². The zero-order valence-electron chi connectivity index (χ0n) is 14.9. The molecule has 4 rings (SSSR count). The number of fused-ring (bicyclic) bond motifs is 5. The topological polar surface area (TPSA) is 43.4 Å². The number of Topliss-reactive ketones (excluding diaryl/α,β-unsaturated/α-hetero) is 1. The third-order valence-corrected chi connectivity index (χ3v) is 8.68. The lowest BCUT2D eigenvalue weighted by atomic mass is 9.45. The van der Waals surface area contributed by atoms with E-state index in [0.717, 1.165) is 50.4 Å². The van der Waals surface area contributed by atoms with E-state index in [4.69, 9.17) is 16.3 Å². The molecule has 0 bridgehead atoms. The summed E-state index contributed by atoms with van der Waals surface area (Å²) in [7, 11) is 0. The van der Waals surface area contributed by atoms with Crippen molar-refractivity contribution in [3.8, 4) is 0 Å². The molecular formula is C20H29ClO3. The number of hydrogen-bond acceptors (Lipinski definition) is 3. The smallest absolute Gasteiger partial charge is 0.404 e. The molecule has 0 spiro atoms. The van der Waals surface area contributed by atoms with Crippen molar-refractivity contribution in [3.05, 3.63) is 0 Å². The van der Waals surface area contributed by atoms with Gasteiger partial charge in [0.15, 0.2) is 0 Å². The minimum atomic E-state index is -0.657. The lowest BCUT2D eigenvalue weighted by Gasteiger charge is -2.60. The van der Waals surface area contributed by atoms with Crippen molar-refractivity contribution in [2.75, 3.05) is 0 Å². The van der Waals surface area contributed by atoms with E-state index in [9.17, 15) is 9.59 Å². The van der Waals surface area contributed by atoms with Crippen molar-refractivity contribution in [3.63, 3.8) is 0 Å². The Bertz CT molecular complexity index is 561. The maximum atomic E-state index is 12.5. The molecule has 1 unspecified atom stereocenters. The quantitative estimate of drug-likeness (QED) is 0.598. The van der Waals surface area contributed by atoms with Crippen LogP contribution >= 0.6 is 11.6 Å². The van der Waals surface area contributed by atoms with Gasteiger partial charge in [-0.15, -0.1) is 0 Å². The molecule has 0 N–H and O–H groups in total. The molecule has 4 aliphatic carbocycles. The number of halogens is 1. The van der Waals surface area contributed by atoms with Crippen LogP contribution in [-0.2, 0) is 9.53 Å². The van der Waals surface area contributed by atoms with Gasteiger partial charge in [0.25, 0.3) is 0 Å². The van der Waals surface area contributed by atoms with Crippen molar-refractivity contribution in [2.24, 2.45) is 34.5 Å². The Morgan fingerprint density at radius 1 is 1.08 bits per heavy atom. The maximum absolute atomic E-state index is 12.5. The first kappa shape index (κ1) is 16.9. The van der Waals surface area contributed by atoms with Crippen molar-refractivity contribution in [2.45, 2.75) is 77.7 Å². The summed E-state index contributed by atoms with van der Waals surface area (Å²) in [4.78, 5) is 23.5. The van der Waals surface area contributed by atoms with Gasteiger partial charge in [-0.2, -0.15) is 0 Å². The number of rotatable bonds is 1. The summed E-state index contributed by atoms with van der Waals surface area (Å²) < 4.78 is 5.30. The molecule has 4 saturated carbocycles. The van der Waals surface area contributed by atoms with E-state index in [1.54, 1.807) is 0 Å². The zero-order valence-corrected chi connectivity index (χ0v) is 15.6. The molecule has 134 valence electrons. The monoisotopic (exact) mass is 352 g/mol. The Morgan fingerprint density at radius 3 is 2.62 bits per heavy atom. The van der Waals surface area contributed by atoms with Crippen LogP contribution in [-0.4, -0.2) is 17.3 Å². The number of ketones is 1. The number of carbonyl (C=O) groups excluding carboxylic acids is 2. The summed E-state index contributed by atoms with van der Waals surface area (Å²) in [5.41, 5.74) is -0.337. The SMILES string of the molecule is C[C@]12CC[C@@H](OC(=O)Cl)CC1CC[C@@H]1[C@@H]2CC[C@]2(C)C(=O)CC[C@@H]12. The van der Waals surface area contributed by atoms with E-state index in [1.807, 2.05) is 0 Å². The van der Waals surface area contributed by atoms with Gasteiger partial charge >= 0.3 is 5.43 Å². The van der Waals surface area contributed by atoms with Gasteiger partial charge in [0, 0.05) is 23.4 Å². The first-order chi connectivity index (χ1) is 11.3. The third-order valence-electron chi connectivity index (χ3n) is 8.59. The Balaban J connectivity index is 1.54. The van der Waals surface area contributed by atoms with Gasteiger partial charge in [0.1, 0.15) is 11.9 Å². The predicted octanol–water partition coefficient (Wildman–Crippen LogP) is 5.34. The lowest BCUT2D eigenvalue weighted by molar-refractivity contribution is -0.142. The Hall–Kier alpha value is -0.570.